The fourth-order valence-corrected chi connectivity index (χ4v) is 2.03. The van der Waals surface area contributed by atoms with Gasteiger partial charge in [0.2, 0.25) is 5.91 Å². The Labute approximate surface area is 111 Å². The average Bonchev–Trinajstić information content (AvgIpc) is 2.28. The summed E-state index contributed by atoms with van der Waals surface area (Å²) in [5.74, 6) is 0.228. The molecule has 5 heteroatoms. The lowest BCUT2D eigenvalue weighted by atomic mass is 10.1. The third kappa shape index (κ3) is 5.23. The Hall–Kier alpha value is -0.320. The van der Waals surface area contributed by atoms with E-state index in [1.54, 1.807) is 0 Å². The molecule has 1 amide bonds. The summed E-state index contributed by atoms with van der Waals surface area (Å²) in [6, 6.07) is 0.836. The smallest absolute Gasteiger partial charge is 0.236 e. The first-order chi connectivity index (χ1) is 7.54. The van der Waals surface area contributed by atoms with Crippen molar-refractivity contribution >= 4 is 18.3 Å². The van der Waals surface area contributed by atoms with E-state index in [2.05, 4.69) is 10.2 Å². The van der Waals surface area contributed by atoms with Gasteiger partial charge in [0.05, 0.1) is 6.54 Å². The number of nitrogens with zero attached hydrogens (tertiary/aromatic N) is 2. The van der Waals surface area contributed by atoms with Gasteiger partial charge in [0.25, 0.3) is 0 Å². The molecule has 0 saturated carbocycles. The molecular weight excluding hydrogens is 238 g/mol. The fourth-order valence-electron chi connectivity index (χ4n) is 2.03. The van der Waals surface area contributed by atoms with Crippen LogP contribution < -0.4 is 5.32 Å². The van der Waals surface area contributed by atoms with Gasteiger partial charge in [0.15, 0.2) is 0 Å². The predicted octanol–water partition coefficient (Wildman–Crippen LogP) is 0.959. The maximum atomic E-state index is 11.9. The van der Waals surface area contributed by atoms with Gasteiger partial charge in [-0.2, -0.15) is 0 Å². The molecule has 1 aliphatic rings. The highest BCUT2D eigenvalue weighted by Gasteiger charge is 2.22. The Morgan fingerprint density at radius 2 is 2.18 bits per heavy atom. The summed E-state index contributed by atoms with van der Waals surface area (Å²) in [4.78, 5) is 16.0. The molecule has 1 fully saturated rings. The van der Waals surface area contributed by atoms with Crippen LogP contribution in [0.5, 0.6) is 0 Å². The molecule has 0 aliphatic carbocycles. The molecule has 17 heavy (non-hydrogen) atoms. The monoisotopic (exact) mass is 263 g/mol. The molecule has 1 atom stereocenters. The van der Waals surface area contributed by atoms with E-state index in [9.17, 15) is 4.79 Å². The number of likely N-dealkylation sites (N-methyl/N-ethyl adjacent to an activating group) is 2. The Morgan fingerprint density at radius 1 is 1.53 bits per heavy atom. The van der Waals surface area contributed by atoms with Crippen LogP contribution in [0.3, 0.4) is 0 Å². The standard InChI is InChI=1S/C12H25N3O.ClH/c1-10(2)14(4)12(16)9-15-7-5-6-11(8-15)13-3;/h10-11,13H,5-9H2,1-4H3;1H. The average molecular weight is 264 g/mol. The molecule has 1 N–H and O–H groups in total. The number of nitrogens with one attached hydrogen (secondary N) is 1. The number of hydrogen-bond donors (Lipinski definition) is 1. The molecule has 1 saturated heterocycles. The highest BCUT2D eigenvalue weighted by atomic mass is 35.5. The summed E-state index contributed by atoms with van der Waals surface area (Å²) in [6.45, 7) is 6.70. The van der Waals surface area contributed by atoms with E-state index in [1.165, 1.54) is 12.8 Å². The number of carbonyl (C=O) groups is 1. The minimum Gasteiger partial charge on any atom is -0.342 e. The summed E-state index contributed by atoms with van der Waals surface area (Å²) in [5, 5.41) is 3.29. The maximum Gasteiger partial charge on any atom is 0.236 e. The summed E-state index contributed by atoms with van der Waals surface area (Å²) >= 11 is 0. The van der Waals surface area contributed by atoms with Crippen LogP contribution in [0, 0.1) is 0 Å². The molecule has 1 unspecified atom stereocenters. The number of carbonyl (C=O) groups excluding carboxylic acids is 1. The van der Waals surface area contributed by atoms with Crippen LogP contribution in [0.15, 0.2) is 0 Å². The molecule has 0 aromatic heterocycles. The van der Waals surface area contributed by atoms with Gasteiger partial charge in [-0.25, -0.2) is 0 Å². The van der Waals surface area contributed by atoms with E-state index < -0.39 is 0 Å². The van der Waals surface area contributed by atoms with Crippen LogP contribution in [0.25, 0.3) is 0 Å². The first-order valence-electron chi connectivity index (χ1n) is 6.20. The molecule has 0 aromatic rings. The lowest BCUT2D eigenvalue weighted by Crippen LogP contribution is -2.49. The zero-order valence-electron chi connectivity index (χ0n) is 11.4. The van der Waals surface area contributed by atoms with Gasteiger partial charge in [-0.3, -0.25) is 9.69 Å². The van der Waals surface area contributed by atoms with Crippen molar-refractivity contribution in [2.75, 3.05) is 33.7 Å². The van der Waals surface area contributed by atoms with Crippen LogP contribution in [0.2, 0.25) is 0 Å². The molecule has 102 valence electrons. The highest BCUT2D eigenvalue weighted by molar-refractivity contribution is 5.85. The van der Waals surface area contributed by atoms with E-state index in [0.717, 1.165) is 13.1 Å². The van der Waals surface area contributed by atoms with E-state index >= 15 is 0 Å². The minimum absolute atomic E-state index is 0. The molecule has 0 radical (unpaired) electrons. The van der Waals surface area contributed by atoms with Crippen LogP contribution in [0.1, 0.15) is 26.7 Å². The first kappa shape index (κ1) is 16.7. The minimum atomic E-state index is 0. The molecule has 0 aromatic carbocycles. The lowest BCUT2D eigenvalue weighted by Gasteiger charge is -2.33. The van der Waals surface area contributed by atoms with Crippen molar-refractivity contribution in [3.63, 3.8) is 0 Å². The van der Waals surface area contributed by atoms with Crippen molar-refractivity contribution in [3.8, 4) is 0 Å². The van der Waals surface area contributed by atoms with Crippen molar-refractivity contribution in [2.45, 2.75) is 38.8 Å². The maximum absolute atomic E-state index is 11.9. The molecule has 1 heterocycles. The van der Waals surface area contributed by atoms with E-state index in [4.69, 9.17) is 0 Å². The Kier molecular flexibility index (Phi) is 7.75. The second-order valence-corrected chi connectivity index (χ2v) is 4.96. The summed E-state index contributed by atoms with van der Waals surface area (Å²) in [6.07, 6.45) is 2.41. The van der Waals surface area contributed by atoms with E-state index in [-0.39, 0.29) is 24.4 Å². The van der Waals surface area contributed by atoms with Gasteiger partial charge in [0.1, 0.15) is 0 Å². The summed E-state index contributed by atoms with van der Waals surface area (Å²) < 4.78 is 0. The van der Waals surface area contributed by atoms with E-state index in [0.29, 0.717) is 12.6 Å². The number of likely N-dealkylation sites (tertiary alicyclic amines) is 1. The van der Waals surface area contributed by atoms with Gasteiger partial charge < -0.3 is 10.2 Å². The zero-order chi connectivity index (χ0) is 12.1. The van der Waals surface area contributed by atoms with E-state index in [1.807, 2.05) is 32.8 Å². The lowest BCUT2D eigenvalue weighted by molar-refractivity contribution is -0.132. The number of piperidine rings is 1. The zero-order valence-corrected chi connectivity index (χ0v) is 12.2. The van der Waals surface area contributed by atoms with Gasteiger partial charge in [-0.05, 0) is 40.3 Å². The molecule has 1 aliphatic heterocycles. The molecule has 4 nitrogen and oxygen atoms in total. The van der Waals surface area contributed by atoms with Gasteiger partial charge in [0, 0.05) is 25.7 Å². The van der Waals surface area contributed by atoms with Crippen molar-refractivity contribution in [1.82, 2.24) is 15.1 Å². The normalized spacial score (nSPS) is 21.1. The second kappa shape index (κ2) is 7.90. The van der Waals surface area contributed by atoms with Crippen molar-refractivity contribution in [1.29, 1.82) is 0 Å². The third-order valence-electron chi connectivity index (χ3n) is 3.44. The first-order valence-corrected chi connectivity index (χ1v) is 6.20. The van der Waals surface area contributed by atoms with Crippen LogP contribution in [-0.2, 0) is 4.79 Å². The molecule has 0 spiro atoms. The molecule has 0 bridgehead atoms. The Balaban J connectivity index is 0.00000256. The van der Waals surface area contributed by atoms with Crippen LogP contribution in [-0.4, -0.2) is 61.5 Å². The summed E-state index contributed by atoms with van der Waals surface area (Å²) in [7, 11) is 3.88. The van der Waals surface area contributed by atoms with Crippen molar-refractivity contribution in [3.05, 3.63) is 0 Å². The Morgan fingerprint density at radius 3 is 2.71 bits per heavy atom. The quantitative estimate of drug-likeness (QED) is 0.821. The Bertz CT molecular complexity index is 236. The van der Waals surface area contributed by atoms with Crippen LogP contribution in [0.4, 0.5) is 0 Å². The topological polar surface area (TPSA) is 35.6 Å². The van der Waals surface area contributed by atoms with Crippen molar-refractivity contribution in [2.24, 2.45) is 0 Å². The number of rotatable bonds is 4. The van der Waals surface area contributed by atoms with Gasteiger partial charge >= 0.3 is 0 Å². The van der Waals surface area contributed by atoms with Gasteiger partial charge in [-0.1, -0.05) is 0 Å². The fraction of sp³-hybridized carbons (Fsp3) is 0.917. The van der Waals surface area contributed by atoms with Gasteiger partial charge in [-0.15, -0.1) is 12.4 Å². The largest absolute Gasteiger partial charge is 0.342 e. The van der Waals surface area contributed by atoms with Crippen molar-refractivity contribution < 1.29 is 4.79 Å². The third-order valence-corrected chi connectivity index (χ3v) is 3.44. The number of hydrogen-bond acceptors (Lipinski definition) is 3. The SMILES string of the molecule is CNC1CCCN(CC(=O)N(C)C(C)C)C1.Cl. The predicted molar refractivity (Wildman–Crippen MR) is 73.7 cm³/mol. The van der Waals surface area contributed by atoms with Crippen LogP contribution >= 0.6 is 12.4 Å². The molecule has 1 rings (SSSR count). The molecular formula is C12H26ClN3O. The number of amides is 1. The second-order valence-electron chi connectivity index (χ2n) is 4.96. The summed E-state index contributed by atoms with van der Waals surface area (Å²) in [5.41, 5.74) is 0. The number of halogens is 1. The highest BCUT2D eigenvalue weighted by Crippen LogP contribution is 2.10.